The minimum absolute atomic E-state index is 0.184. The van der Waals surface area contributed by atoms with Gasteiger partial charge in [0.05, 0.1) is 12.1 Å². The van der Waals surface area contributed by atoms with Gasteiger partial charge in [0.15, 0.2) is 0 Å². The number of nitrogens with one attached hydrogen (secondary N) is 1. The van der Waals surface area contributed by atoms with Crippen LogP contribution in [0.25, 0.3) is 10.8 Å². The van der Waals surface area contributed by atoms with Crippen molar-refractivity contribution in [2.75, 3.05) is 0 Å². The average Bonchev–Trinajstić information content (AvgIpc) is 2.75. The molecule has 1 amide bonds. The monoisotopic (exact) mass is 402 g/mol. The Morgan fingerprint density at radius 2 is 1.66 bits per heavy atom. The number of nitrogens with zero attached hydrogens (tertiary/aromatic N) is 1. The second kappa shape index (κ2) is 8.33. The van der Waals surface area contributed by atoms with Crippen LogP contribution < -0.4 is 10.9 Å². The van der Waals surface area contributed by atoms with Crippen LogP contribution in [-0.2, 0) is 13.1 Å². The zero-order chi connectivity index (χ0) is 20.2. The van der Waals surface area contributed by atoms with Crippen LogP contribution in [0.2, 0.25) is 5.02 Å². The Hall–Kier alpha value is -3.37. The fraction of sp³-hybridized carbons (Fsp3) is 0.0833. The molecule has 0 aliphatic rings. The molecule has 1 N–H and O–H groups in total. The number of benzene rings is 3. The zero-order valence-electron chi connectivity index (χ0n) is 15.6. The summed E-state index contributed by atoms with van der Waals surface area (Å²) in [5, 5.41) is 5.80. The van der Waals surface area contributed by atoms with Gasteiger partial charge in [-0.2, -0.15) is 0 Å². The molecule has 4 nitrogen and oxygen atoms in total. The van der Waals surface area contributed by atoms with Crippen molar-refractivity contribution >= 4 is 28.3 Å². The van der Waals surface area contributed by atoms with Gasteiger partial charge in [-0.15, -0.1) is 0 Å². The van der Waals surface area contributed by atoms with Crippen LogP contribution in [0.3, 0.4) is 0 Å². The number of pyridine rings is 1. The van der Waals surface area contributed by atoms with Gasteiger partial charge in [0.2, 0.25) is 0 Å². The smallest absolute Gasteiger partial charge is 0.253 e. The van der Waals surface area contributed by atoms with Crippen molar-refractivity contribution in [3.05, 3.63) is 117 Å². The van der Waals surface area contributed by atoms with Crippen LogP contribution in [0, 0.1) is 0 Å². The maximum atomic E-state index is 12.6. The van der Waals surface area contributed by atoms with E-state index in [0.29, 0.717) is 23.7 Å². The predicted molar refractivity (Wildman–Crippen MR) is 116 cm³/mol. The molecule has 1 heterocycles. The lowest BCUT2D eigenvalue weighted by Crippen LogP contribution is -2.26. The van der Waals surface area contributed by atoms with Gasteiger partial charge in [-0.05, 0) is 40.1 Å². The molecule has 29 heavy (non-hydrogen) atoms. The first-order valence-corrected chi connectivity index (χ1v) is 9.68. The van der Waals surface area contributed by atoms with Crippen LogP contribution in [0.1, 0.15) is 21.5 Å². The van der Waals surface area contributed by atoms with Crippen LogP contribution in [-0.4, -0.2) is 10.5 Å². The summed E-state index contributed by atoms with van der Waals surface area (Å²) in [6, 6.07) is 24.5. The SMILES string of the molecule is O=C(NCc1ccc2ccccc2c1)c1ccc(=O)n(Cc2ccccc2Cl)c1. The molecule has 0 radical (unpaired) electrons. The Morgan fingerprint density at radius 3 is 2.48 bits per heavy atom. The number of fused-ring (bicyclic) bond motifs is 1. The Balaban J connectivity index is 1.49. The third kappa shape index (κ3) is 4.39. The van der Waals surface area contributed by atoms with Gasteiger partial charge < -0.3 is 9.88 Å². The molecule has 0 bridgehead atoms. The number of hydrogen-bond acceptors (Lipinski definition) is 2. The molecular weight excluding hydrogens is 384 g/mol. The van der Waals surface area contributed by atoms with Crippen molar-refractivity contribution in [1.29, 1.82) is 0 Å². The Morgan fingerprint density at radius 1 is 0.897 bits per heavy atom. The molecule has 0 fully saturated rings. The summed E-state index contributed by atoms with van der Waals surface area (Å²) in [6.45, 7) is 0.720. The topological polar surface area (TPSA) is 51.1 Å². The number of amides is 1. The summed E-state index contributed by atoms with van der Waals surface area (Å²) in [5.41, 5.74) is 2.08. The number of carbonyl (C=O) groups is 1. The normalized spacial score (nSPS) is 10.8. The predicted octanol–water partition coefficient (Wildman–Crippen LogP) is 4.63. The molecule has 0 saturated heterocycles. The first kappa shape index (κ1) is 19.0. The number of carbonyl (C=O) groups excluding carboxylic acids is 1. The summed E-state index contributed by atoms with van der Waals surface area (Å²) >= 11 is 6.19. The van der Waals surface area contributed by atoms with Crippen LogP contribution in [0.5, 0.6) is 0 Å². The van der Waals surface area contributed by atoms with E-state index in [9.17, 15) is 9.59 Å². The maximum Gasteiger partial charge on any atom is 0.253 e. The molecule has 3 aromatic carbocycles. The fourth-order valence-corrected chi connectivity index (χ4v) is 3.43. The van der Waals surface area contributed by atoms with E-state index in [2.05, 4.69) is 17.4 Å². The Bertz CT molecular complexity index is 1250. The van der Waals surface area contributed by atoms with Crippen LogP contribution >= 0.6 is 11.6 Å². The molecule has 4 rings (SSSR count). The van der Waals surface area contributed by atoms with Gasteiger partial charge in [-0.25, -0.2) is 0 Å². The summed E-state index contributed by atoms with van der Waals surface area (Å²) < 4.78 is 1.49. The van der Waals surface area contributed by atoms with E-state index in [-0.39, 0.29) is 11.5 Å². The molecule has 0 aliphatic heterocycles. The van der Waals surface area contributed by atoms with Crippen molar-refractivity contribution < 1.29 is 4.79 Å². The van der Waals surface area contributed by atoms with Crippen molar-refractivity contribution in [2.45, 2.75) is 13.1 Å². The van der Waals surface area contributed by atoms with E-state index >= 15 is 0 Å². The third-order valence-corrected chi connectivity index (χ3v) is 5.18. The molecule has 0 spiro atoms. The van der Waals surface area contributed by atoms with Gasteiger partial charge in [0, 0.05) is 23.8 Å². The number of hydrogen-bond donors (Lipinski definition) is 1. The van der Waals surface area contributed by atoms with Crippen molar-refractivity contribution in [3.8, 4) is 0 Å². The van der Waals surface area contributed by atoms with E-state index in [4.69, 9.17) is 11.6 Å². The van der Waals surface area contributed by atoms with Gasteiger partial charge in [0.1, 0.15) is 0 Å². The summed E-state index contributed by atoms with van der Waals surface area (Å²) in [7, 11) is 0. The molecule has 144 valence electrons. The van der Waals surface area contributed by atoms with Crippen molar-refractivity contribution in [3.63, 3.8) is 0 Å². The molecule has 1 aromatic heterocycles. The molecular formula is C24H19ClN2O2. The van der Waals surface area contributed by atoms with Gasteiger partial charge in [0.25, 0.3) is 11.5 Å². The maximum absolute atomic E-state index is 12.6. The summed E-state index contributed by atoms with van der Waals surface area (Å²) in [6.07, 6.45) is 1.57. The Kier molecular flexibility index (Phi) is 5.45. The number of halogens is 1. The van der Waals surface area contributed by atoms with Crippen LogP contribution in [0.4, 0.5) is 0 Å². The van der Waals surface area contributed by atoms with E-state index < -0.39 is 0 Å². The highest BCUT2D eigenvalue weighted by Crippen LogP contribution is 2.17. The standard InChI is InChI=1S/C24H19ClN2O2/c25-22-8-4-3-7-20(22)15-27-16-21(11-12-23(27)28)24(29)26-14-17-9-10-18-5-1-2-6-19(18)13-17/h1-13,16H,14-15H2,(H,26,29). The van der Waals surface area contributed by atoms with Gasteiger partial charge in [-0.1, -0.05) is 66.2 Å². The summed E-state index contributed by atoms with van der Waals surface area (Å²) in [4.78, 5) is 24.8. The third-order valence-electron chi connectivity index (χ3n) is 4.81. The van der Waals surface area contributed by atoms with Crippen LogP contribution in [0.15, 0.2) is 89.9 Å². The Labute approximate surface area is 173 Å². The lowest BCUT2D eigenvalue weighted by Gasteiger charge is -2.10. The highest BCUT2D eigenvalue weighted by Gasteiger charge is 2.09. The van der Waals surface area contributed by atoms with Crippen molar-refractivity contribution in [1.82, 2.24) is 9.88 Å². The lowest BCUT2D eigenvalue weighted by atomic mass is 10.1. The van der Waals surface area contributed by atoms with E-state index in [0.717, 1.165) is 21.9 Å². The second-order valence-electron chi connectivity index (χ2n) is 6.84. The summed E-state index contributed by atoms with van der Waals surface area (Å²) in [5.74, 6) is -0.230. The quantitative estimate of drug-likeness (QED) is 0.529. The minimum Gasteiger partial charge on any atom is -0.348 e. The largest absolute Gasteiger partial charge is 0.348 e. The van der Waals surface area contributed by atoms with E-state index in [1.54, 1.807) is 18.3 Å². The molecule has 0 unspecified atom stereocenters. The van der Waals surface area contributed by atoms with Gasteiger partial charge in [-0.3, -0.25) is 9.59 Å². The molecule has 0 aliphatic carbocycles. The molecule has 0 atom stereocenters. The zero-order valence-corrected chi connectivity index (χ0v) is 16.4. The van der Waals surface area contributed by atoms with Gasteiger partial charge >= 0.3 is 0 Å². The van der Waals surface area contributed by atoms with Crippen molar-refractivity contribution in [2.24, 2.45) is 0 Å². The van der Waals surface area contributed by atoms with E-state index in [1.165, 1.54) is 10.6 Å². The average molecular weight is 403 g/mol. The molecule has 5 heteroatoms. The number of rotatable bonds is 5. The van der Waals surface area contributed by atoms with E-state index in [1.807, 2.05) is 48.5 Å². The molecule has 4 aromatic rings. The second-order valence-corrected chi connectivity index (χ2v) is 7.25. The highest BCUT2D eigenvalue weighted by atomic mass is 35.5. The lowest BCUT2D eigenvalue weighted by molar-refractivity contribution is 0.0950. The highest BCUT2D eigenvalue weighted by molar-refractivity contribution is 6.31. The number of aromatic nitrogens is 1. The first-order chi connectivity index (χ1) is 14.1. The fourth-order valence-electron chi connectivity index (χ4n) is 3.23. The molecule has 0 saturated carbocycles. The minimum atomic E-state index is -0.230. The first-order valence-electron chi connectivity index (χ1n) is 9.30.